The van der Waals surface area contributed by atoms with E-state index in [1.807, 2.05) is 6.08 Å². The lowest BCUT2D eigenvalue weighted by atomic mass is 10.0. The Morgan fingerprint density at radius 3 is 1.33 bits per heavy atom. The number of ether oxygens (including phenoxy) is 1. The van der Waals surface area contributed by atoms with Crippen molar-refractivity contribution in [3.05, 3.63) is 24.3 Å². The van der Waals surface area contributed by atoms with E-state index in [2.05, 4.69) is 31.3 Å². The highest BCUT2D eigenvalue weighted by Gasteiger charge is 2.17. The van der Waals surface area contributed by atoms with Gasteiger partial charge >= 0.3 is 5.97 Å². The summed E-state index contributed by atoms with van der Waals surface area (Å²) >= 11 is 0. The first kappa shape index (κ1) is 53.3. The van der Waals surface area contributed by atoms with Crippen LogP contribution in [0.5, 0.6) is 0 Å². The predicted octanol–water partition coefficient (Wildman–Crippen LogP) is 14.0. The fourth-order valence-corrected chi connectivity index (χ4v) is 7.22. The first-order valence-corrected chi connectivity index (χ1v) is 24.1. The van der Waals surface area contributed by atoms with Crippen molar-refractivity contribution in [3.63, 3.8) is 0 Å². The molecule has 0 fully saturated rings. The van der Waals surface area contributed by atoms with E-state index in [0.717, 1.165) is 70.6 Å². The lowest BCUT2D eigenvalue weighted by Gasteiger charge is -2.19. The van der Waals surface area contributed by atoms with Gasteiger partial charge < -0.3 is 20.3 Å². The number of esters is 1. The average Bonchev–Trinajstić information content (AvgIpc) is 3.18. The van der Waals surface area contributed by atoms with E-state index >= 15 is 0 Å². The van der Waals surface area contributed by atoms with Crippen molar-refractivity contribution < 1.29 is 24.5 Å². The van der Waals surface area contributed by atoms with Crippen LogP contribution < -0.4 is 5.32 Å². The third-order valence-corrected chi connectivity index (χ3v) is 11.0. The van der Waals surface area contributed by atoms with Crippen molar-refractivity contribution in [2.45, 2.75) is 264 Å². The third-order valence-electron chi connectivity index (χ3n) is 11.0. The molecule has 0 aliphatic rings. The summed E-state index contributed by atoms with van der Waals surface area (Å²) in [4.78, 5) is 24.4. The number of unbranched alkanes of at least 4 members (excludes halogenated alkanes) is 31. The molecule has 324 valence electrons. The first-order valence-electron chi connectivity index (χ1n) is 24.1. The molecule has 0 aliphatic carbocycles. The molecule has 2 unspecified atom stereocenters. The van der Waals surface area contributed by atoms with E-state index < -0.39 is 12.1 Å². The summed E-state index contributed by atoms with van der Waals surface area (Å²) in [6.07, 6.45) is 51.8. The highest BCUT2D eigenvalue weighted by atomic mass is 16.5. The van der Waals surface area contributed by atoms with Crippen molar-refractivity contribution in [1.82, 2.24) is 5.32 Å². The summed E-state index contributed by atoms with van der Waals surface area (Å²) in [5, 5.41) is 22.9. The van der Waals surface area contributed by atoms with Crippen molar-refractivity contribution in [3.8, 4) is 0 Å². The SMILES string of the molecule is CCCCCCCCCCCC/C=C/C(O)C(CO)NC(=O)CCC/C=C\CCCCCCOC(=O)CCCCCCCCCCCCCCCCCCC. The monoisotopic (exact) mass is 776 g/mol. The van der Waals surface area contributed by atoms with Gasteiger partial charge in [0.05, 0.1) is 25.4 Å². The average molecular weight is 776 g/mol. The van der Waals surface area contributed by atoms with Crippen LogP contribution in [0.15, 0.2) is 24.3 Å². The molecule has 6 heteroatoms. The van der Waals surface area contributed by atoms with Crippen molar-refractivity contribution in [1.29, 1.82) is 0 Å². The van der Waals surface area contributed by atoms with E-state index in [9.17, 15) is 19.8 Å². The minimum atomic E-state index is -0.873. The Balaban J connectivity index is 3.54. The standard InChI is InChI=1S/C49H93NO5/c1-3-5-7-9-11-13-15-17-18-19-20-21-23-27-31-35-39-43-49(54)55-44-40-36-32-28-24-26-30-34-38-42-48(53)50-46(45-51)47(52)41-37-33-29-25-22-16-14-12-10-8-6-4-2/h26,30,37,41,46-47,51-52H,3-25,27-29,31-36,38-40,42-45H2,1-2H3,(H,50,53)/b30-26-,41-37+. The zero-order chi connectivity index (χ0) is 40.1. The Labute approximate surface area is 341 Å². The number of aliphatic hydroxyl groups excluding tert-OH is 2. The van der Waals surface area contributed by atoms with Crippen LogP contribution in [0.25, 0.3) is 0 Å². The third kappa shape index (κ3) is 41.8. The van der Waals surface area contributed by atoms with E-state index in [1.54, 1.807) is 6.08 Å². The maximum absolute atomic E-state index is 12.4. The Kier molecular flexibility index (Phi) is 43.7. The number of aliphatic hydroxyl groups is 2. The van der Waals surface area contributed by atoms with Crippen LogP contribution in [0.1, 0.15) is 251 Å². The number of rotatable bonds is 44. The van der Waals surface area contributed by atoms with Crippen LogP contribution in [-0.4, -0.2) is 47.4 Å². The van der Waals surface area contributed by atoms with Crippen LogP contribution in [0.4, 0.5) is 0 Å². The molecule has 0 rings (SSSR count). The second kappa shape index (κ2) is 45.0. The molecule has 0 aliphatic heterocycles. The molecule has 0 aromatic rings. The Morgan fingerprint density at radius 2 is 0.873 bits per heavy atom. The summed E-state index contributed by atoms with van der Waals surface area (Å²) in [5.41, 5.74) is 0. The number of carbonyl (C=O) groups excluding carboxylic acids is 2. The van der Waals surface area contributed by atoms with Gasteiger partial charge in [0.15, 0.2) is 0 Å². The highest BCUT2D eigenvalue weighted by Crippen LogP contribution is 2.15. The molecule has 0 aromatic carbocycles. The van der Waals surface area contributed by atoms with Gasteiger partial charge in [-0.2, -0.15) is 0 Å². The van der Waals surface area contributed by atoms with Crippen LogP contribution in [0.2, 0.25) is 0 Å². The molecule has 0 bridgehead atoms. The minimum Gasteiger partial charge on any atom is -0.466 e. The van der Waals surface area contributed by atoms with Gasteiger partial charge in [-0.05, 0) is 51.4 Å². The smallest absolute Gasteiger partial charge is 0.305 e. The summed E-state index contributed by atoms with van der Waals surface area (Å²) in [6.45, 7) is 4.80. The molecule has 0 radical (unpaired) electrons. The van der Waals surface area contributed by atoms with Gasteiger partial charge in [0.2, 0.25) is 5.91 Å². The fourth-order valence-electron chi connectivity index (χ4n) is 7.22. The Morgan fingerprint density at radius 1 is 0.491 bits per heavy atom. The number of allylic oxidation sites excluding steroid dienone is 3. The van der Waals surface area contributed by atoms with Gasteiger partial charge in [0.25, 0.3) is 0 Å². The van der Waals surface area contributed by atoms with Gasteiger partial charge in [0.1, 0.15) is 0 Å². The molecule has 0 spiro atoms. The molecule has 55 heavy (non-hydrogen) atoms. The summed E-state index contributed by atoms with van der Waals surface area (Å²) in [7, 11) is 0. The van der Waals surface area contributed by atoms with E-state index in [4.69, 9.17) is 4.74 Å². The van der Waals surface area contributed by atoms with Crippen molar-refractivity contribution in [2.24, 2.45) is 0 Å². The summed E-state index contributed by atoms with van der Waals surface area (Å²) < 4.78 is 5.44. The molecule has 0 aromatic heterocycles. The number of nitrogens with one attached hydrogen (secondary N) is 1. The second-order valence-corrected chi connectivity index (χ2v) is 16.4. The molecular formula is C49H93NO5. The molecule has 1 amide bonds. The zero-order valence-electron chi connectivity index (χ0n) is 36.7. The van der Waals surface area contributed by atoms with Crippen LogP contribution in [0, 0.1) is 0 Å². The Bertz CT molecular complexity index is 858. The van der Waals surface area contributed by atoms with Gasteiger partial charge in [-0.3, -0.25) is 9.59 Å². The maximum Gasteiger partial charge on any atom is 0.305 e. The summed E-state index contributed by atoms with van der Waals surface area (Å²) in [6, 6.07) is -0.663. The topological polar surface area (TPSA) is 95.9 Å². The normalized spacial score (nSPS) is 12.9. The molecule has 0 saturated carbocycles. The lowest BCUT2D eigenvalue weighted by Crippen LogP contribution is -2.45. The molecular weight excluding hydrogens is 683 g/mol. The Hall–Kier alpha value is -1.66. The van der Waals surface area contributed by atoms with Crippen molar-refractivity contribution >= 4 is 11.9 Å². The second-order valence-electron chi connectivity index (χ2n) is 16.4. The minimum absolute atomic E-state index is 0.0349. The molecule has 3 N–H and O–H groups in total. The number of amides is 1. The van der Waals surface area contributed by atoms with E-state index in [0.29, 0.717) is 19.4 Å². The van der Waals surface area contributed by atoms with Gasteiger partial charge in [-0.1, -0.05) is 212 Å². The van der Waals surface area contributed by atoms with Crippen LogP contribution in [-0.2, 0) is 14.3 Å². The maximum atomic E-state index is 12.4. The van der Waals surface area contributed by atoms with E-state index in [-0.39, 0.29) is 18.5 Å². The van der Waals surface area contributed by atoms with Crippen LogP contribution in [0.3, 0.4) is 0 Å². The van der Waals surface area contributed by atoms with E-state index in [1.165, 1.54) is 154 Å². The highest BCUT2D eigenvalue weighted by molar-refractivity contribution is 5.76. The number of hydrogen-bond donors (Lipinski definition) is 3. The van der Waals surface area contributed by atoms with Crippen molar-refractivity contribution in [2.75, 3.05) is 13.2 Å². The number of hydrogen-bond acceptors (Lipinski definition) is 5. The molecule has 6 nitrogen and oxygen atoms in total. The van der Waals surface area contributed by atoms with Gasteiger partial charge in [-0.25, -0.2) is 0 Å². The lowest BCUT2D eigenvalue weighted by molar-refractivity contribution is -0.143. The molecule has 2 atom stereocenters. The zero-order valence-corrected chi connectivity index (χ0v) is 36.7. The fraction of sp³-hybridized carbons (Fsp3) is 0.878. The molecule has 0 heterocycles. The first-order chi connectivity index (χ1) is 27.0. The van der Waals surface area contributed by atoms with Gasteiger partial charge in [0, 0.05) is 12.8 Å². The largest absolute Gasteiger partial charge is 0.466 e. The summed E-state index contributed by atoms with van der Waals surface area (Å²) in [5.74, 6) is -0.164. The molecule has 0 saturated heterocycles. The van der Waals surface area contributed by atoms with Gasteiger partial charge in [-0.15, -0.1) is 0 Å². The quantitative estimate of drug-likeness (QED) is 0.0325. The number of carbonyl (C=O) groups is 2. The van der Waals surface area contributed by atoms with Crippen LogP contribution >= 0.6 is 0 Å². The predicted molar refractivity (Wildman–Crippen MR) is 236 cm³/mol.